The van der Waals surface area contributed by atoms with E-state index in [2.05, 4.69) is 9.62 Å². The SMILES string of the molecule is O=C(NS(=O)(=O)c1ccc(Cl)cc1)c1ccc(N2CCOCC2)cc1. The van der Waals surface area contributed by atoms with Crippen molar-refractivity contribution >= 4 is 33.2 Å². The first-order chi connectivity index (χ1) is 12.0. The fourth-order valence-electron chi connectivity index (χ4n) is 2.50. The van der Waals surface area contributed by atoms with Crippen LogP contribution in [0, 0.1) is 0 Å². The summed E-state index contributed by atoms with van der Waals surface area (Å²) in [6, 6.07) is 12.4. The van der Waals surface area contributed by atoms with Crippen LogP contribution in [0.1, 0.15) is 10.4 Å². The first kappa shape index (κ1) is 17.7. The number of nitrogens with zero attached hydrogens (tertiary/aromatic N) is 1. The van der Waals surface area contributed by atoms with Crippen LogP contribution in [0.5, 0.6) is 0 Å². The van der Waals surface area contributed by atoms with E-state index in [1.165, 1.54) is 24.3 Å². The fraction of sp³-hybridized carbons (Fsp3) is 0.235. The van der Waals surface area contributed by atoms with Gasteiger partial charge in [0.1, 0.15) is 0 Å². The summed E-state index contributed by atoms with van der Waals surface area (Å²) >= 11 is 5.75. The Kier molecular flexibility index (Phi) is 5.27. The molecule has 0 saturated carbocycles. The summed E-state index contributed by atoms with van der Waals surface area (Å²) in [5.74, 6) is -0.677. The van der Waals surface area contributed by atoms with Gasteiger partial charge >= 0.3 is 0 Å². The summed E-state index contributed by atoms with van der Waals surface area (Å²) in [6.07, 6.45) is 0. The molecule has 1 N–H and O–H groups in total. The van der Waals surface area contributed by atoms with Crippen molar-refractivity contribution in [1.82, 2.24) is 4.72 Å². The quantitative estimate of drug-likeness (QED) is 0.880. The van der Waals surface area contributed by atoms with E-state index in [1.54, 1.807) is 24.3 Å². The molecule has 0 atom stereocenters. The number of amides is 1. The second-order valence-electron chi connectivity index (χ2n) is 5.53. The number of hydrogen-bond acceptors (Lipinski definition) is 5. The summed E-state index contributed by atoms with van der Waals surface area (Å²) in [5.41, 5.74) is 1.25. The van der Waals surface area contributed by atoms with Crippen molar-refractivity contribution in [3.05, 3.63) is 59.1 Å². The van der Waals surface area contributed by atoms with Crippen molar-refractivity contribution in [3.63, 3.8) is 0 Å². The maximum absolute atomic E-state index is 12.2. The smallest absolute Gasteiger partial charge is 0.264 e. The molecule has 1 aliphatic heterocycles. The summed E-state index contributed by atoms with van der Waals surface area (Å²) < 4.78 is 31.9. The Balaban J connectivity index is 1.71. The highest BCUT2D eigenvalue weighted by Crippen LogP contribution is 2.18. The van der Waals surface area contributed by atoms with Crippen LogP contribution in [0.4, 0.5) is 5.69 Å². The summed E-state index contributed by atoms with van der Waals surface area (Å²) in [5, 5.41) is 0.420. The van der Waals surface area contributed by atoms with Crippen LogP contribution in [-0.4, -0.2) is 40.6 Å². The number of carbonyl (C=O) groups excluding carboxylic acids is 1. The molecule has 0 unspecified atom stereocenters. The van der Waals surface area contributed by atoms with Gasteiger partial charge in [-0.25, -0.2) is 13.1 Å². The van der Waals surface area contributed by atoms with E-state index in [-0.39, 0.29) is 10.5 Å². The number of hydrogen-bond donors (Lipinski definition) is 1. The minimum atomic E-state index is -3.94. The molecule has 8 heteroatoms. The van der Waals surface area contributed by atoms with Crippen molar-refractivity contribution in [1.29, 1.82) is 0 Å². The van der Waals surface area contributed by atoms with Gasteiger partial charge < -0.3 is 9.64 Å². The van der Waals surface area contributed by atoms with Gasteiger partial charge in [0.2, 0.25) is 0 Å². The van der Waals surface area contributed by atoms with E-state index in [1.807, 2.05) is 0 Å². The Bertz CT molecular complexity index is 845. The van der Waals surface area contributed by atoms with Crippen molar-refractivity contribution in [2.24, 2.45) is 0 Å². The maximum Gasteiger partial charge on any atom is 0.264 e. The van der Waals surface area contributed by atoms with Gasteiger partial charge in [-0.1, -0.05) is 11.6 Å². The molecule has 0 bridgehead atoms. The molecule has 6 nitrogen and oxygen atoms in total. The number of benzene rings is 2. The van der Waals surface area contributed by atoms with E-state index in [9.17, 15) is 13.2 Å². The highest BCUT2D eigenvalue weighted by molar-refractivity contribution is 7.90. The van der Waals surface area contributed by atoms with E-state index in [0.29, 0.717) is 18.2 Å². The Morgan fingerprint density at radius 2 is 1.60 bits per heavy atom. The molecular weight excluding hydrogens is 364 g/mol. The predicted molar refractivity (Wildman–Crippen MR) is 95.6 cm³/mol. The lowest BCUT2D eigenvalue weighted by Crippen LogP contribution is -2.36. The van der Waals surface area contributed by atoms with Crippen molar-refractivity contribution in [2.75, 3.05) is 31.2 Å². The van der Waals surface area contributed by atoms with Gasteiger partial charge in [0.25, 0.3) is 15.9 Å². The van der Waals surface area contributed by atoms with Crippen LogP contribution in [0.25, 0.3) is 0 Å². The van der Waals surface area contributed by atoms with Crippen LogP contribution >= 0.6 is 11.6 Å². The molecule has 1 saturated heterocycles. The van der Waals surface area contributed by atoms with Crippen LogP contribution in [-0.2, 0) is 14.8 Å². The topological polar surface area (TPSA) is 75.7 Å². The molecule has 1 amide bonds. The largest absolute Gasteiger partial charge is 0.378 e. The average Bonchev–Trinajstić information content (AvgIpc) is 2.62. The standard InChI is InChI=1S/C17H17ClN2O4S/c18-14-3-7-16(8-4-14)25(22,23)19-17(21)13-1-5-15(6-2-13)20-9-11-24-12-10-20/h1-8H,9-12H2,(H,19,21). The van der Waals surface area contributed by atoms with Gasteiger partial charge in [-0.15, -0.1) is 0 Å². The van der Waals surface area contributed by atoms with E-state index in [0.717, 1.165) is 18.8 Å². The summed E-state index contributed by atoms with van der Waals surface area (Å²) in [6.45, 7) is 2.91. The molecule has 1 fully saturated rings. The summed E-state index contributed by atoms with van der Waals surface area (Å²) in [4.78, 5) is 14.4. The number of sulfonamides is 1. The normalized spacial score (nSPS) is 15.0. The number of anilines is 1. The number of morpholine rings is 1. The molecule has 132 valence electrons. The molecule has 2 aromatic rings. The average molecular weight is 381 g/mol. The van der Waals surface area contributed by atoms with Crippen LogP contribution in [0.15, 0.2) is 53.4 Å². The van der Waals surface area contributed by atoms with Gasteiger partial charge in [-0.2, -0.15) is 0 Å². The van der Waals surface area contributed by atoms with Gasteiger partial charge in [0.05, 0.1) is 18.1 Å². The first-order valence-electron chi connectivity index (χ1n) is 7.71. The van der Waals surface area contributed by atoms with E-state index >= 15 is 0 Å². The zero-order chi connectivity index (χ0) is 17.9. The van der Waals surface area contributed by atoms with Crippen LogP contribution in [0.3, 0.4) is 0 Å². The molecule has 0 radical (unpaired) electrons. The number of rotatable bonds is 4. The van der Waals surface area contributed by atoms with Crippen molar-refractivity contribution in [3.8, 4) is 0 Å². The van der Waals surface area contributed by atoms with Crippen LogP contribution < -0.4 is 9.62 Å². The van der Waals surface area contributed by atoms with Gasteiger partial charge in [-0.3, -0.25) is 4.79 Å². The Morgan fingerprint density at radius 3 is 2.20 bits per heavy atom. The Hall–Kier alpha value is -2.09. The maximum atomic E-state index is 12.2. The van der Waals surface area contributed by atoms with Crippen LogP contribution in [0.2, 0.25) is 5.02 Å². The fourth-order valence-corrected chi connectivity index (χ4v) is 3.60. The van der Waals surface area contributed by atoms with E-state index in [4.69, 9.17) is 16.3 Å². The third-order valence-electron chi connectivity index (χ3n) is 3.86. The van der Waals surface area contributed by atoms with Gasteiger partial charge in [-0.05, 0) is 48.5 Å². The lowest BCUT2D eigenvalue weighted by molar-refractivity contribution is 0.0981. The third-order valence-corrected chi connectivity index (χ3v) is 5.46. The Morgan fingerprint density at radius 1 is 1.00 bits per heavy atom. The minimum Gasteiger partial charge on any atom is -0.378 e. The van der Waals surface area contributed by atoms with Crippen molar-refractivity contribution in [2.45, 2.75) is 4.90 Å². The van der Waals surface area contributed by atoms with E-state index < -0.39 is 15.9 Å². The molecule has 0 spiro atoms. The molecule has 1 aliphatic rings. The molecule has 0 aliphatic carbocycles. The highest BCUT2D eigenvalue weighted by Gasteiger charge is 2.19. The highest BCUT2D eigenvalue weighted by atomic mass is 35.5. The van der Waals surface area contributed by atoms with Gasteiger partial charge in [0.15, 0.2) is 0 Å². The molecule has 3 rings (SSSR count). The number of ether oxygens (including phenoxy) is 1. The third kappa shape index (κ3) is 4.31. The minimum absolute atomic E-state index is 0.0183. The zero-order valence-electron chi connectivity index (χ0n) is 13.3. The Labute approximate surface area is 151 Å². The van der Waals surface area contributed by atoms with Crippen molar-refractivity contribution < 1.29 is 17.9 Å². The lowest BCUT2D eigenvalue weighted by atomic mass is 10.2. The van der Waals surface area contributed by atoms with Gasteiger partial charge in [0, 0.05) is 29.4 Å². The predicted octanol–water partition coefficient (Wildman–Crippen LogP) is 2.30. The molecular formula is C17H17ClN2O4S. The molecule has 25 heavy (non-hydrogen) atoms. The zero-order valence-corrected chi connectivity index (χ0v) is 14.9. The molecule has 2 aromatic carbocycles. The number of carbonyl (C=O) groups is 1. The number of halogens is 1. The second-order valence-corrected chi connectivity index (χ2v) is 7.65. The lowest BCUT2D eigenvalue weighted by Gasteiger charge is -2.28. The molecule has 1 heterocycles. The summed E-state index contributed by atoms with van der Waals surface area (Å²) in [7, 11) is -3.94. The molecule has 0 aromatic heterocycles. The monoisotopic (exact) mass is 380 g/mol. The second kappa shape index (κ2) is 7.43. The first-order valence-corrected chi connectivity index (χ1v) is 9.57. The number of nitrogens with one attached hydrogen (secondary N) is 1.